The maximum absolute atomic E-state index is 11.9. The molecule has 7 nitrogen and oxygen atoms in total. The average Bonchev–Trinajstić information content (AvgIpc) is 2.71. The number of halogens is 2. The monoisotopic (exact) mass is 325 g/mol. The molecule has 2 heterocycles. The molecule has 0 aliphatic carbocycles. The van der Waals surface area contributed by atoms with Crippen LogP contribution < -0.4 is 9.64 Å². The zero-order chi connectivity index (χ0) is 14.2. The Balaban J connectivity index is 2.38. The first-order valence-corrected chi connectivity index (χ1v) is 7.88. The van der Waals surface area contributed by atoms with Crippen LogP contribution in [0, 0.1) is 0 Å². The predicted molar refractivity (Wildman–Crippen MR) is 69.1 cm³/mol. The fourth-order valence-electron chi connectivity index (χ4n) is 1.75. The first kappa shape index (κ1) is 14.3. The van der Waals surface area contributed by atoms with Gasteiger partial charge in [0, 0.05) is 23.6 Å². The van der Waals surface area contributed by atoms with Gasteiger partial charge in [-0.25, -0.2) is 13.4 Å². The van der Waals surface area contributed by atoms with Crippen LogP contribution in [0.25, 0.3) is 0 Å². The molecule has 1 aromatic heterocycles. The SMILES string of the molecule is COc1cnc(Cl)nc1N1CC(S(=O)(=O)Cl)CC1=O. The smallest absolute Gasteiger partial charge is 0.237 e. The molecule has 19 heavy (non-hydrogen) atoms. The highest BCUT2D eigenvalue weighted by molar-refractivity contribution is 8.14. The van der Waals surface area contributed by atoms with Crippen molar-refractivity contribution in [3.63, 3.8) is 0 Å². The molecule has 1 aromatic rings. The van der Waals surface area contributed by atoms with Gasteiger partial charge in [-0.2, -0.15) is 4.98 Å². The summed E-state index contributed by atoms with van der Waals surface area (Å²) in [4.78, 5) is 20.6. The van der Waals surface area contributed by atoms with Crippen LogP contribution in [0.3, 0.4) is 0 Å². The van der Waals surface area contributed by atoms with Gasteiger partial charge >= 0.3 is 0 Å². The lowest BCUT2D eigenvalue weighted by Crippen LogP contribution is -2.28. The molecular formula is C9H9Cl2N3O4S. The summed E-state index contributed by atoms with van der Waals surface area (Å²) >= 11 is 5.67. The molecular weight excluding hydrogens is 317 g/mol. The summed E-state index contributed by atoms with van der Waals surface area (Å²) in [5.74, 6) is -0.0528. The Morgan fingerprint density at radius 3 is 2.74 bits per heavy atom. The van der Waals surface area contributed by atoms with Crippen molar-refractivity contribution in [3.8, 4) is 5.75 Å². The number of methoxy groups -OCH3 is 1. The highest BCUT2D eigenvalue weighted by Gasteiger charge is 2.39. The number of hydrogen-bond acceptors (Lipinski definition) is 6. The molecule has 1 aliphatic rings. The first-order valence-electron chi connectivity index (χ1n) is 5.13. The van der Waals surface area contributed by atoms with Crippen molar-refractivity contribution in [3.05, 3.63) is 11.5 Å². The summed E-state index contributed by atoms with van der Waals surface area (Å²) in [7, 11) is 2.83. The van der Waals surface area contributed by atoms with Gasteiger partial charge in [0.25, 0.3) is 0 Å². The second-order valence-corrected chi connectivity index (χ2v) is 7.08. The topological polar surface area (TPSA) is 89.5 Å². The number of ether oxygens (including phenoxy) is 1. The summed E-state index contributed by atoms with van der Waals surface area (Å²) in [5, 5.41) is -1.04. The predicted octanol–water partition coefficient (Wildman–Crippen LogP) is 0.812. The van der Waals surface area contributed by atoms with Gasteiger partial charge in [-0.15, -0.1) is 0 Å². The molecule has 1 atom stereocenters. The van der Waals surface area contributed by atoms with Gasteiger partial charge in [0.05, 0.1) is 13.3 Å². The molecule has 0 saturated carbocycles. The Labute approximate surface area is 118 Å². The summed E-state index contributed by atoms with van der Waals surface area (Å²) in [6.07, 6.45) is 1.11. The lowest BCUT2D eigenvalue weighted by Gasteiger charge is -2.17. The van der Waals surface area contributed by atoms with Crippen molar-refractivity contribution >= 4 is 43.1 Å². The van der Waals surface area contributed by atoms with E-state index in [9.17, 15) is 13.2 Å². The quantitative estimate of drug-likeness (QED) is 0.603. The van der Waals surface area contributed by atoms with E-state index in [2.05, 4.69) is 9.97 Å². The highest BCUT2D eigenvalue weighted by atomic mass is 35.7. The molecule has 0 aromatic carbocycles. The van der Waals surface area contributed by atoms with Gasteiger partial charge < -0.3 is 4.74 Å². The highest BCUT2D eigenvalue weighted by Crippen LogP contribution is 2.31. The van der Waals surface area contributed by atoms with Crippen molar-refractivity contribution in [2.45, 2.75) is 11.7 Å². The van der Waals surface area contributed by atoms with E-state index in [1.54, 1.807) is 0 Å². The maximum Gasteiger partial charge on any atom is 0.237 e. The van der Waals surface area contributed by atoms with Gasteiger partial charge in [0.1, 0.15) is 5.25 Å². The average molecular weight is 326 g/mol. The molecule has 10 heteroatoms. The standard InChI is InChI=1S/C9H9Cl2N3O4S/c1-18-6-3-12-9(10)13-8(6)14-4-5(2-7(14)15)19(11,16)17/h3,5H,2,4H2,1H3. The Kier molecular flexibility index (Phi) is 3.84. The van der Waals surface area contributed by atoms with Crippen molar-refractivity contribution in [2.75, 3.05) is 18.6 Å². The molecule has 1 amide bonds. The number of carbonyl (C=O) groups is 1. The third-order valence-corrected chi connectivity index (χ3v) is 4.72. The van der Waals surface area contributed by atoms with Gasteiger partial charge in [-0.3, -0.25) is 9.69 Å². The maximum atomic E-state index is 11.9. The van der Waals surface area contributed by atoms with Gasteiger partial charge in [-0.1, -0.05) is 0 Å². The number of rotatable bonds is 3. The van der Waals surface area contributed by atoms with Gasteiger partial charge in [0.15, 0.2) is 11.6 Å². The Bertz CT molecular complexity index is 622. The van der Waals surface area contributed by atoms with Crippen LogP contribution in [0.5, 0.6) is 5.75 Å². The first-order chi connectivity index (χ1) is 8.82. The summed E-state index contributed by atoms with van der Waals surface area (Å²) in [5.41, 5.74) is 0. The second-order valence-electron chi connectivity index (χ2n) is 3.84. The van der Waals surface area contributed by atoms with E-state index in [0.29, 0.717) is 0 Å². The molecule has 1 unspecified atom stereocenters. The van der Waals surface area contributed by atoms with E-state index in [4.69, 9.17) is 27.0 Å². The molecule has 0 N–H and O–H groups in total. The summed E-state index contributed by atoms with van der Waals surface area (Å²) in [6.45, 7) is -0.0889. The zero-order valence-electron chi connectivity index (χ0n) is 9.71. The van der Waals surface area contributed by atoms with E-state index >= 15 is 0 Å². The molecule has 1 saturated heterocycles. The van der Waals surface area contributed by atoms with Gasteiger partial charge in [0.2, 0.25) is 20.2 Å². The van der Waals surface area contributed by atoms with Crippen molar-refractivity contribution < 1.29 is 17.9 Å². The number of aromatic nitrogens is 2. The summed E-state index contributed by atoms with van der Waals surface area (Å²) in [6, 6.07) is 0. The van der Waals surface area contributed by atoms with Crippen molar-refractivity contribution in [2.24, 2.45) is 0 Å². The Morgan fingerprint density at radius 1 is 1.53 bits per heavy atom. The lowest BCUT2D eigenvalue weighted by atomic mass is 10.4. The minimum absolute atomic E-state index is 0.0687. The van der Waals surface area contributed by atoms with E-state index < -0.39 is 20.2 Å². The van der Waals surface area contributed by atoms with E-state index in [0.717, 1.165) is 0 Å². The Hall–Kier alpha value is -1.12. The summed E-state index contributed by atoms with van der Waals surface area (Å²) < 4.78 is 27.6. The Morgan fingerprint density at radius 2 is 2.21 bits per heavy atom. The van der Waals surface area contributed by atoms with Crippen LogP contribution in [-0.4, -0.2) is 43.2 Å². The van der Waals surface area contributed by atoms with Gasteiger partial charge in [-0.05, 0) is 11.6 Å². The largest absolute Gasteiger partial charge is 0.491 e. The van der Waals surface area contributed by atoms with E-state index in [1.165, 1.54) is 18.2 Å². The van der Waals surface area contributed by atoms with Crippen LogP contribution in [0.15, 0.2) is 6.20 Å². The lowest BCUT2D eigenvalue weighted by molar-refractivity contribution is -0.117. The molecule has 0 spiro atoms. The molecule has 1 aliphatic heterocycles. The molecule has 0 radical (unpaired) electrons. The number of nitrogens with zero attached hydrogens (tertiary/aromatic N) is 3. The minimum Gasteiger partial charge on any atom is -0.491 e. The van der Waals surface area contributed by atoms with E-state index in [1.807, 2.05) is 0 Å². The third-order valence-electron chi connectivity index (χ3n) is 2.67. The zero-order valence-corrected chi connectivity index (χ0v) is 12.0. The molecule has 1 fully saturated rings. The number of anilines is 1. The number of hydrogen-bond donors (Lipinski definition) is 0. The fourth-order valence-corrected chi connectivity index (χ4v) is 2.90. The van der Waals surface area contributed by atoms with Crippen LogP contribution in [-0.2, 0) is 13.8 Å². The number of amides is 1. The molecule has 104 valence electrons. The van der Waals surface area contributed by atoms with E-state index in [-0.39, 0.29) is 29.8 Å². The van der Waals surface area contributed by atoms with Crippen LogP contribution >= 0.6 is 22.3 Å². The van der Waals surface area contributed by atoms with Crippen LogP contribution in [0.1, 0.15) is 6.42 Å². The van der Waals surface area contributed by atoms with Crippen LogP contribution in [0.4, 0.5) is 5.82 Å². The number of carbonyl (C=O) groups excluding carboxylic acids is 1. The van der Waals surface area contributed by atoms with Crippen LogP contribution in [0.2, 0.25) is 5.28 Å². The third kappa shape index (κ3) is 2.90. The molecule has 0 bridgehead atoms. The van der Waals surface area contributed by atoms with Crippen molar-refractivity contribution in [1.29, 1.82) is 0 Å². The molecule has 2 rings (SSSR count). The second kappa shape index (κ2) is 5.10. The van der Waals surface area contributed by atoms with Crippen molar-refractivity contribution in [1.82, 2.24) is 9.97 Å². The normalized spacial score (nSPS) is 19.8. The fraction of sp³-hybridized carbons (Fsp3) is 0.444. The minimum atomic E-state index is -3.81.